The van der Waals surface area contributed by atoms with E-state index in [1.165, 1.54) is 29.2 Å². The first kappa shape index (κ1) is 16.2. The zero-order chi connectivity index (χ0) is 15.2. The second-order valence-electron chi connectivity index (χ2n) is 4.74. The Morgan fingerprint density at radius 2 is 2.14 bits per heavy atom. The van der Waals surface area contributed by atoms with E-state index in [0.717, 1.165) is 27.3 Å². The molecule has 0 saturated heterocycles. The van der Waals surface area contributed by atoms with Gasteiger partial charge in [-0.25, -0.2) is 4.39 Å². The summed E-state index contributed by atoms with van der Waals surface area (Å²) < 4.78 is 14.8. The molecule has 0 saturated carbocycles. The molecule has 2 aromatic rings. The van der Waals surface area contributed by atoms with Crippen LogP contribution in [0.1, 0.15) is 18.9 Å². The van der Waals surface area contributed by atoms with Crippen LogP contribution in [0.15, 0.2) is 27.4 Å². The van der Waals surface area contributed by atoms with E-state index >= 15 is 0 Å². The summed E-state index contributed by atoms with van der Waals surface area (Å²) in [6, 6.07) is 5.15. The van der Waals surface area contributed by atoms with E-state index in [9.17, 15) is 4.39 Å². The summed E-state index contributed by atoms with van der Waals surface area (Å²) in [7, 11) is 3.86. The number of anilines is 1. The first-order valence-electron chi connectivity index (χ1n) is 6.78. The Labute approximate surface area is 132 Å². The van der Waals surface area contributed by atoms with E-state index in [-0.39, 0.29) is 5.82 Å². The standard InChI is InChI=1S/C14H19FN4S2/c1-4-8-16-9-10-11(15)6-5-7-12(10)20-14-18-17-13(21-14)19(2)3/h5-7,16H,4,8-9H2,1-3H3. The molecule has 0 radical (unpaired) electrons. The molecule has 21 heavy (non-hydrogen) atoms. The van der Waals surface area contributed by atoms with Crippen molar-refractivity contribution >= 4 is 28.2 Å². The quantitative estimate of drug-likeness (QED) is 0.790. The van der Waals surface area contributed by atoms with Crippen molar-refractivity contribution in [1.82, 2.24) is 15.5 Å². The minimum Gasteiger partial charge on any atom is -0.353 e. The third kappa shape index (κ3) is 4.39. The molecule has 0 fully saturated rings. The van der Waals surface area contributed by atoms with Crippen molar-refractivity contribution in [3.8, 4) is 0 Å². The van der Waals surface area contributed by atoms with Crippen molar-refractivity contribution in [3.63, 3.8) is 0 Å². The fourth-order valence-corrected chi connectivity index (χ4v) is 3.59. The Kier molecular flexibility index (Phi) is 5.96. The van der Waals surface area contributed by atoms with Crippen LogP contribution in [0.4, 0.5) is 9.52 Å². The molecule has 2 rings (SSSR count). The maximum Gasteiger partial charge on any atom is 0.208 e. The molecule has 0 aliphatic rings. The van der Waals surface area contributed by atoms with Crippen molar-refractivity contribution in [1.29, 1.82) is 0 Å². The van der Waals surface area contributed by atoms with Gasteiger partial charge in [0.1, 0.15) is 5.82 Å². The summed E-state index contributed by atoms with van der Waals surface area (Å²) in [6.07, 6.45) is 1.03. The van der Waals surface area contributed by atoms with Gasteiger partial charge in [0.25, 0.3) is 0 Å². The van der Waals surface area contributed by atoms with Gasteiger partial charge in [0.05, 0.1) is 0 Å². The van der Waals surface area contributed by atoms with Gasteiger partial charge in [-0.3, -0.25) is 0 Å². The number of nitrogens with zero attached hydrogens (tertiary/aromatic N) is 3. The highest BCUT2D eigenvalue weighted by Crippen LogP contribution is 2.35. The molecule has 1 heterocycles. The molecule has 1 N–H and O–H groups in total. The number of halogens is 1. The van der Waals surface area contributed by atoms with Crippen LogP contribution in [0.3, 0.4) is 0 Å². The first-order valence-corrected chi connectivity index (χ1v) is 8.42. The number of aromatic nitrogens is 2. The molecule has 0 spiro atoms. The van der Waals surface area contributed by atoms with Crippen LogP contribution in [0.5, 0.6) is 0 Å². The Bertz CT molecular complexity index is 586. The molecule has 7 heteroatoms. The fourth-order valence-electron chi connectivity index (χ4n) is 1.71. The molecule has 0 aliphatic carbocycles. The van der Waals surface area contributed by atoms with Gasteiger partial charge in [-0.15, -0.1) is 10.2 Å². The fraction of sp³-hybridized carbons (Fsp3) is 0.429. The third-order valence-corrected chi connectivity index (χ3v) is 5.02. The minimum atomic E-state index is -0.180. The van der Waals surface area contributed by atoms with Crippen LogP contribution in [0.25, 0.3) is 0 Å². The lowest BCUT2D eigenvalue weighted by molar-refractivity contribution is 0.578. The van der Waals surface area contributed by atoms with Crippen LogP contribution >= 0.6 is 23.1 Å². The van der Waals surface area contributed by atoms with Crippen LogP contribution in [0, 0.1) is 5.82 Å². The van der Waals surface area contributed by atoms with E-state index in [1.54, 1.807) is 6.07 Å². The molecule has 1 aromatic carbocycles. The lowest BCUT2D eigenvalue weighted by Gasteiger charge is -2.09. The molecular weight excluding hydrogens is 307 g/mol. The highest BCUT2D eigenvalue weighted by molar-refractivity contribution is 8.01. The third-order valence-electron chi connectivity index (χ3n) is 2.78. The summed E-state index contributed by atoms with van der Waals surface area (Å²) in [5, 5.41) is 12.3. The zero-order valence-electron chi connectivity index (χ0n) is 12.4. The summed E-state index contributed by atoms with van der Waals surface area (Å²) in [5.74, 6) is -0.180. The average molecular weight is 326 g/mol. The van der Waals surface area contributed by atoms with Crippen LogP contribution in [0.2, 0.25) is 0 Å². The average Bonchev–Trinajstić information content (AvgIpc) is 2.91. The molecule has 0 atom stereocenters. The van der Waals surface area contributed by atoms with Gasteiger partial charge in [-0.05, 0) is 25.1 Å². The Balaban J connectivity index is 2.16. The first-order chi connectivity index (χ1) is 10.1. The van der Waals surface area contributed by atoms with Crippen LogP contribution < -0.4 is 10.2 Å². The highest BCUT2D eigenvalue weighted by atomic mass is 32.2. The normalized spacial score (nSPS) is 10.9. The maximum absolute atomic E-state index is 14.0. The lowest BCUT2D eigenvalue weighted by Crippen LogP contribution is -2.15. The van der Waals surface area contributed by atoms with E-state index in [2.05, 4.69) is 22.4 Å². The van der Waals surface area contributed by atoms with Crippen molar-refractivity contribution < 1.29 is 4.39 Å². The Hall–Kier alpha value is -1.18. The molecule has 0 bridgehead atoms. The molecule has 0 unspecified atom stereocenters. The smallest absolute Gasteiger partial charge is 0.208 e. The van der Waals surface area contributed by atoms with Crippen LogP contribution in [-0.2, 0) is 6.54 Å². The Morgan fingerprint density at radius 1 is 1.33 bits per heavy atom. The van der Waals surface area contributed by atoms with Crippen molar-refractivity contribution in [3.05, 3.63) is 29.6 Å². The van der Waals surface area contributed by atoms with Gasteiger partial charge in [-0.1, -0.05) is 36.1 Å². The molecule has 0 aliphatic heterocycles. The maximum atomic E-state index is 14.0. The number of benzene rings is 1. The van der Waals surface area contributed by atoms with Crippen LogP contribution in [-0.4, -0.2) is 30.8 Å². The monoisotopic (exact) mass is 326 g/mol. The molecule has 1 aromatic heterocycles. The van der Waals surface area contributed by atoms with Crippen molar-refractivity contribution in [2.24, 2.45) is 0 Å². The van der Waals surface area contributed by atoms with Gasteiger partial charge in [0.15, 0.2) is 4.34 Å². The summed E-state index contributed by atoms with van der Waals surface area (Å²) in [6.45, 7) is 3.50. The van der Waals surface area contributed by atoms with E-state index in [1.807, 2.05) is 25.1 Å². The zero-order valence-corrected chi connectivity index (χ0v) is 14.0. The summed E-state index contributed by atoms with van der Waals surface area (Å²) in [5.41, 5.74) is 0.692. The molecule has 114 valence electrons. The number of rotatable bonds is 7. The lowest BCUT2D eigenvalue weighted by atomic mass is 10.2. The van der Waals surface area contributed by atoms with Gasteiger partial charge in [0, 0.05) is 31.1 Å². The number of nitrogens with one attached hydrogen (secondary N) is 1. The molecular formula is C14H19FN4S2. The van der Waals surface area contributed by atoms with Gasteiger partial charge in [0.2, 0.25) is 5.13 Å². The van der Waals surface area contributed by atoms with Crippen molar-refractivity contribution in [2.75, 3.05) is 25.5 Å². The highest BCUT2D eigenvalue weighted by Gasteiger charge is 2.13. The predicted molar refractivity (Wildman–Crippen MR) is 86.8 cm³/mol. The Morgan fingerprint density at radius 3 is 2.81 bits per heavy atom. The SMILES string of the molecule is CCCNCc1c(F)cccc1Sc1nnc(N(C)C)s1. The van der Waals surface area contributed by atoms with E-state index < -0.39 is 0 Å². The van der Waals surface area contributed by atoms with E-state index in [4.69, 9.17) is 0 Å². The number of hydrogen-bond acceptors (Lipinski definition) is 6. The number of hydrogen-bond donors (Lipinski definition) is 1. The minimum absolute atomic E-state index is 0.180. The van der Waals surface area contributed by atoms with E-state index in [0.29, 0.717) is 12.1 Å². The predicted octanol–water partition coefficient (Wildman–Crippen LogP) is 3.39. The topological polar surface area (TPSA) is 41.1 Å². The molecule has 4 nitrogen and oxygen atoms in total. The second kappa shape index (κ2) is 7.72. The van der Waals surface area contributed by atoms with Gasteiger partial charge >= 0.3 is 0 Å². The largest absolute Gasteiger partial charge is 0.353 e. The van der Waals surface area contributed by atoms with Gasteiger partial charge in [-0.2, -0.15) is 0 Å². The second-order valence-corrected chi connectivity index (χ2v) is 6.99. The summed E-state index contributed by atoms with van der Waals surface area (Å²) in [4.78, 5) is 2.80. The van der Waals surface area contributed by atoms with Crippen molar-refractivity contribution in [2.45, 2.75) is 29.1 Å². The summed E-state index contributed by atoms with van der Waals surface area (Å²) >= 11 is 2.97. The van der Waals surface area contributed by atoms with Gasteiger partial charge < -0.3 is 10.2 Å². The molecule has 0 amide bonds.